The monoisotopic (exact) mass is 129 g/mol. The van der Waals surface area contributed by atoms with Gasteiger partial charge < -0.3 is 10.1 Å². The third-order valence-electron chi connectivity index (χ3n) is 2.07. The molecule has 1 rings (SSSR count). The van der Waals surface area contributed by atoms with E-state index < -0.39 is 0 Å². The van der Waals surface area contributed by atoms with Crippen LogP contribution in [0.5, 0.6) is 0 Å². The van der Waals surface area contributed by atoms with Crippen molar-refractivity contribution >= 4 is 0 Å². The van der Waals surface area contributed by atoms with Gasteiger partial charge in [-0.25, -0.2) is 0 Å². The summed E-state index contributed by atoms with van der Waals surface area (Å²) >= 11 is 0. The number of hydrogen-bond acceptors (Lipinski definition) is 2. The molecule has 0 aromatic carbocycles. The van der Waals surface area contributed by atoms with E-state index in [4.69, 9.17) is 4.74 Å². The van der Waals surface area contributed by atoms with Gasteiger partial charge in [0.05, 0.1) is 12.2 Å². The lowest BCUT2D eigenvalue weighted by Crippen LogP contribution is -2.52. The predicted molar refractivity (Wildman–Crippen MR) is 37.5 cm³/mol. The van der Waals surface area contributed by atoms with Crippen LogP contribution in [0.25, 0.3) is 0 Å². The highest BCUT2D eigenvalue weighted by Crippen LogP contribution is 2.16. The van der Waals surface area contributed by atoms with Crippen molar-refractivity contribution in [1.29, 1.82) is 0 Å². The second-order valence-corrected chi connectivity index (χ2v) is 3.13. The van der Waals surface area contributed by atoms with Gasteiger partial charge in [-0.2, -0.15) is 0 Å². The molecule has 1 saturated heterocycles. The Labute approximate surface area is 56.6 Å². The number of rotatable bonds is 0. The average Bonchev–Trinajstić information content (AvgIpc) is 1.77. The van der Waals surface area contributed by atoms with Crippen molar-refractivity contribution in [3.05, 3.63) is 0 Å². The zero-order chi connectivity index (χ0) is 6.91. The van der Waals surface area contributed by atoms with Crippen LogP contribution >= 0.6 is 0 Å². The van der Waals surface area contributed by atoms with Crippen molar-refractivity contribution in [2.75, 3.05) is 13.2 Å². The molecule has 1 fully saturated rings. The van der Waals surface area contributed by atoms with Crippen LogP contribution in [0.4, 0.5) is 0 Å². The van der Waals surface area contributed by atoms with Crippen LogP contribution in [0.1, 0.15) is 20.8 Å². The first kappa shape index (κ1) is 7.03. The number of morpholine rings is 1. The van der Waals surface area contributed by atoms with Crippen LogP contribution in [-0.2, 0) is 4.74 Å². The normalized spacial score (nSPS) is 34.3. The van der Waals surface area contributed by atoms with Gasteiger partial charge in [0.25, 0.3) is 0 Å². The summed E-state index contributed by atoms with van der Waals surface area (Å²) in [6.07, 6.45) is 0. The van der Waals surface area contributed by atoms with Gasteiger partial charge in [-0.15, -0.1) is 0 Å². The largest absolute Gasteiger partial charge is 0.373 e. The Morgan fingerprint density at radius 3 is 2.56 bits per heavy atom. The Morgan fingerprint density at radius 2 is 2.22 bits per heavy atom. The maximum Gasteiger partial charge on any atom is 0.0776 e. The van der Waals surface area contributed by atoms with Crippen LogP contribution in [0, 0.1) is 0 Å². The molecule has 0 aromatic heterocycles. The molecule has 0 aliphatic carbocycles. The minimum Gasteiger partial charge on any atom is -0.373 e. The van der Waals surface area contributed by atoms with E-state index in [1.807, 2.05) is 0 Å². The molecular weight excluding hydrogens is 114 g/mol. The Bertz CT molecular complexity index is 101. The van der Waals surface area contributed by atoms with Gasteiger partial charge in [0.2, 0.25) is 0 Å². The van der Waals surface area contributed by atoms with Crippen LogP contribution < -0.4 is 5.32 Å². The number of ether oxygens (including phenoxy) is 1. The topological polar surface area (TPSA) is 21.3 Å². The average molecular weight is 129 g/mol. The van der Waals surface area contributed by atoms with Gasteiger partial charge in [-0.1, -0.05) is 0 Å². The molecule has 54 valence electrons. The van der Waals surface area contributed by atoms with E-state index >= 15 is 0 Å². The Morgan fingerprint density at radius 1 is 1.56 bits per heavy atom. The van der Waals surface area contributed by atoms with Crippen molar-refractivity contribution in [2.24, 2.45) is 0 Å². The van der Waals surface area contributed by atoms with Crippen molar-refractivity contribution in [3.63, 3.8) is 0 Å². The fourth-order valence-corrected chi connectivity index (χ4v) is 0.960. The predicted octanol–water partition coefficient (Wildman–Crippen LogP) is 0.773. The number of nitrogens with one attached hydrogen (secondary N) is 1. The van der Waals surface area contributed by atoms with Gasteiger partial charge in [0, 0.05) is 12.6 Å². The van der Waals surface area contributed by atoms with Gasteiger partial charge in [-0.3, -0.25) is 0 Å². The summed E-state index contributed by atoms with van der Waals surface area (Å²) in [4.78, 5) is 0. The maximum atomic E-state index is 5.52. The summed E-state index contributed by atoms with van der Waals surface area (Å²) in [5.41, 5.74) is 0.0260. The standard InChI is InChI=1S/C7H15NO/c1-6-7(2,3)9-5-4-8-6/h6,8H,4-5H2,1-3H3/t6-/m0/s1. The van der Waals surface area contributed by atoms with Crippen LogP contribution in [0.3, 0.4) is 0 Å². The first-order valence-electron chi connectivity index (χ1n) is 3.50. The summed E-state index contributed by atoms with van der Waals surface area (Å²) in [6.45, 7) is 8.22. The smallest absolute Gasteiger partial charge is 0.0776 e. The van der Waals surface area contributed by atoms with Gasteiger partial charge in [0.1, 0.15) is 0 Å². The zero-order valence-electron chi connectivity index (χ0n) is 6.40. The first-order chi connectivity index (χ1) is 4.13. The molecule has 1 aliphatic rings. The highest BCUT2D eigenvalue weighted by Gasteiger charge is 2.28. The molecule has 1 heterocycles. The van der Waals surface area contributed by atoms with E-state index in [2.05, 4.69) is 26.1 Å². The van der Waals surface area contributed by atoms with Crippen LogP contribution in [0.15, 0.2) is 0 Å². The molecule has 2 heteroatoms. The Balaban J connectivity index is 2.49. The molecule has 1 N–H and O–H groups in total. The highest BCUT2D eigenvalue weighted by molar-refractivity contribution is 4.84. The molecule has 0 unspecified atom stereocenters. The summed E-state index contributed by atoms with van der Waals surface area (Å²) in [5, 5.41) is 3.35. The van der Waals surface area contributed by atoms with E-state index in [1.54, 1.807) is 0 Å². The van der Waals surface area contributed by atoms with E-state index in [9.17, 15) is 0 Å². The molecule has 0 amide bonds. The Hall–Kier alpha value is -0.0800. The van der Waals surface area contributed by atoms with E-state index in [1.165, 1.54) is 0 Å². The summed E-state index contributed by atoms with van der Waals surface area (Å²) < 4.78 is 5.52. The fraction of sp³-hybridized carbons (Fsp3) is 1.00. The van der Waals surface area contributed by atoms with Crippen LogP contribution in [0.2, 0.25) is 0 Å². The zero-order valence-corrected chi connectivity index (χ0v) is 6.40. The SMILES string of the molecule is C[C@@H]1NCCOC1(C)C. The second-order valence-electron chi connectivity index (χ2n) is 3.13. The lowest BCUT2D eigenvalue weighted by molar-refractivity contribution is -0.0660. The van der Waals surface area contributed by atoms with Crippen LogP contribution in [-0.4, -0.2) is 24.8 Å². The molecule has 2 nitrogen and oxygen atoms in total. The Kier molecular flexibility index (Phi) is 1.78. The maximum absolute atomic E-state index is 5.52. The quantitative estimate of drug-likeness (QED) is 0.521. The second kappa shape index (κ2) is 2.27. The lowest BCUT2D eigenvalue weighted by atomic mass is 9.99. The highest BCUT2D eigenvalue weighted by atomic mass is 16.5. The molecule has 9 heavy (non-hydrogen) atoms. The molecule has 0 spiro atoms. The van der Waals surface area contributed by atoms with Crippen molar-refractivity contribution in [3.8, 4) is 0 Å². The molecule has 1 aliphatic heterocycles. The number of hydrogen-bond donors (Lipinski definition) is 1. The summed E-state index contributed by atoms with van der Waals surface area (Å²) in [6, 6.07) is 0.478. The van der Waals surface area contributed by atoms with Crippen molar-refractivity contribution in [2.45, 2.75) is 32.4 Å². The molecule has 0 radical (unpaired) electrons. The minimum atomic E-state index is 0.0260. The third kappa shape index (κ3) is 1.43. The molecular formula is C7H15NO. The van der Waals surface area contributed by atoms with Gasteiger partial charge >= 0.3 is 0 Å². The van der Waals surface area contributed by atoms with Crippen molar-refractivity contribution in [1.82, 2.24) is 5.32 Å². The summed E-state index contributed by atoms with van der Waals surface area (Å²) in [5.74, 6) is 0. The third-order valence-corrected chi connectivity index (χ3v) is 2.07. The van der Waals surface area contributed by atoms with E-state index in [0.717, 1.165) is 13.2 Å². The fourth-order valence-electron chi connectivity index (χ4n) is 0.960. The minimum absolute atomic E-state index is 0.0260. The lowest BCUT2D eigenvalue weighted by Gasteiger charge is -2.37. The van der Waals surface area contributed by atoms with E-state index in [0.29, 0.717) is 6.04 Å². The first-order valence-corrected chi connectivity index (χ1v) is 3.50. The van der Waals surface area contributed by atoms with Crippen molar-refractivity contribution < 1.29 is 4.74 Å². The molecule has 0 bridgehead atoms. The molecule has 0 saturated carbocycles. The molecule has 1 atom stereocenters. The van der Waals surface area contributed by atoms with Gasteiger partial charge in [0.15, 0.2) is 0 Å². The van der Waals surface area contributed by atoms with Gasteiger partial charge in [-0.05, 0) is 20.8 Å². The molecule has 0 aromatic rings. The van der Waals surface area contributed by atoms with E-state index in [-0.39, 0.29) is 5.60 Å². The summed E-state index contributed by atoms with van der Waals surface area (Å²) in [7, 11) is 0.